The average Bonchev–Trinajstić information content (AvgIpc) is 2.77. The van der Waals surface area contributed by atoms with Crippen molar-refractivity contribution in [1.82, 2.24) is 0 Å². The Bertz CT molecular complexity index is 735. The smallest absolute Gasteiger partial charge is 0.256 e. The van der Waals surface area contributed by atoms with Crippen molar-refractivity contribution in [2.75, 3.05) is 11.9 Å². The van der Waals surface area contributed by atoms with E-state index in [9.17, 15) is 9.90 Å². The summed E-state index contributed by atoms with van der Waals surface area (Å²) in [6.07, 6.45) is 1.69. The van der Waals surface area contributed by atoms with Crippen LogP contribution in [-0.2, 0) is 4.79 Å². The zero-order valence-corrected chi connectivity index (χ0v) is 11.6. The second-order valence-electron chi connectivity index (χ2n) is 4.71. The quantitative estimate of drug-likeness (QED) is 0.849. The molecule has 0 atom stereocenters. The van der Waals surface area contributed by atoms with Gasteiger partial charge >= 0.3 is 0 Å². The number of carbonyl (C=O) groups excluding carboxylic acids is 1. The second-order valence-corrected chi connectivity index (χ2v) is 4.71. The third kappa shape index (κ3) is 2.48. The molecular formula is C17H15NO3. The summed E-state index contributed by atoms with van der Waals surface area (Å²) >= 11 is 0. The second kappa shape index (κ2) is 5.32. The van der Waals surface area contributed by atoms with Crippen molar-refractivity contribution >= 4 is 23.2 Å². The molecule has 1 amide bonds. The van der Waals surface area contributed by atoms with Gasteiger partial charge in [-0.25, -0.2) is 0 Å². The number of aromatic hydroxyl groups is 1. The number of phenols is 1. The number of benzene rings is 2. The maximum absolute atomic E-state index is 12.1. The molecule has 1 heterocycles. The zero-order chi connectivity index (χ0) is 14.8. The van der Waals surface area contributed by atoms with Crippen LogP contribution >= 0.6 is 0 Å². The van der Waals surface area contributed by atoms with Gasteiger partial charge in [0.05, 0.1) is 12.3 Å². The number of nitrogens with one attached hydrogen (secondary N) is 1. The number of fused-ring (bicyclic) bond motifs is 1. The number of anilines is 1. The number of rotatable bonds is 3. The molecule has 0 aliphatic carbocycles. The first-order valence-corrected chi connectivity index (χ1v) is 6.77. The highest BCUT2D eigenvalue weighted by Crippen LogP contribution is 2.36. The normalized spacial score (nSPS) is 14.9. The average molecular weight is 281 g/mol. The van der Waals surface area contributed by atoms with Crippen molar-refractivity contribution in [1.29, 1.82) is 0 Å². The molecule has 4 heteroatoms. The summed E-state index contributed by atoms with van der Waals surface area (Å²) in [5.41, 5.74) is 2.69. The molecule has 106 valence electrons. The molecule has 0 unspecified atom stereocenters. The van der Waals surface area contributed by atoms with E-state index in [0.29, 0.717) is 17.7 Å². The molecule has 21 heavy (non-hydrogen) atoms. The SMILES string of the molecule is CCOc1ccc2c(c1)NC(=O)C2=Cc1ccccc1O. The molecule has 1 aliphatic heterocycles. The third-order valence-corrected chi connectivity index (χ3v) is 3.32. The molecule has 0 saturated carbocycles. The molecule has 2 aromatic carbocycles. The predicted octanol–water partition coefficient (Wildman–Crippen LogP) is 3.28. The Balaban J connectivity index is 2.03. The van der Waals surface area contributed by atoms with Gasteiger partial charge in [0.25, 0.3) is 5.91 Å². The maximum Gasteiger partial charge on any atom is 0.256 e. The van der Waals surface area contributed by atoms with Crippen molar-refractivity contribution in [2.45, 2.75) is 6.92 Å². The van der Waals surface area contributed by atoms with Gasteiger partial charge in [-0.05, 0) is 31.2 Å². The molecule has 0 saturated heterocycles. The maximum atomic E-state index is 12.1. The lowest BCUT2D eigenvalue weighted by atomic mass is 10.0. The first-order valence-electron chi connectivity index (χ1n) is 6.77. The number of hydrogen-bond acceptors (Lipinski definition) is 3. The summed E-state index contributed by atoms with van der Waals surface area (Å²) in [6, 6.07) is 12.4. The van der Waals surface area contributed by atoms with E-state index in [-0.39, 0.29) is 11.7 Å². The van der Waals surface area contributed by atoms with Crippen LogP contribution in [-0.4, -0.2) is 17.6 Å². The van der Waals surface area contributed by atoms with Gasteiger partial charge in [0, 0.05) is 22.8 Å². The highest BCUT2D eigenvalue weighted by molar-refractivity contribution is 6.35. The van der Waals surface area contributed by atoms with Crippen molar-refractivity contribution < 1.29 is 14.6 Å². The van der Waals surface area contributed by atoms with E-state index in [0.717, 1.165) is 17.0 Å². The van der Waals surface area contributed by atoms with Crippen LogP contribution in [0.3, 0.4) is 0 Å². The fourth-order valence-electron chi connectivity index (χ4n) is 2.34. The summed E-state index contributed by atoms with van der Waals surface area (Å²) in [4.78, 5) is 12.1. The van der Waals surface area contributed by atoms with Crippen molar-refractivity contribution in [2.24, 2.45) is 0 Å². The van der Waals surface area contributed by atoms with Gasteiger partial charge in [-0.2, -0.15) is 0 Å². The van der Waals surface area contributed by atoms with Gasteiger partial charge < -0.3 is 15.2 Å². The van der Waals surface area contributed by atoms with Gasteiger partial charge in [0.15, 0.2) is 0 Å². The van der Waals surface area contributed by atoms with E-state index in [1.54, 1.807) is 24.3 Å². The van der Waals surface area contributed by atoms with E-state index in [1.165, 1.54) is 0 Å². The Morgan fingerprint density at radius 3 is 2.81 bits per heavy atom. The third-order valence-electron chi connectivity index (χ3n) is 3.32. The van der Waals surface area contributed by atoms with Gasteiger partial charge in [-0.15, -0.1) is 0 Å². The lowest BCUT2D eigenvalue weighted by Gasteiger charge is -2.05. The molecule has 0 bridgehead atoms. The topological polar surface area (TPSA) is 58.6 Å². The first kappa shape index (κ1) is 13.2. The molecule has 2 N–H and O–H groups in total. The molecule has 0 fully saturated rings. The number of amides is 1. The van der Waals surface area contributed by atoms with Crippen LogP contribution in [0, 0.1) is 0 Å². The molecule has 0 radical (unpaired) electrons. The van der Waals surface area contributed by atoms with Crippen molar-refractivity contribution in [3.05, 3.63) is 53.6 Å². The predicted molar refractivity (Wildman–Crippen MR) is 82.2 cm³/mol. The van der Waals surface area contributed by atoms with Gasteiger partial charge in [0.2, 0.25) is 0 Å². The Morgan fingerprint density at radius 1 is 1.24 bits per heavy atom. The van der Waals surface area contributed by atoms with Crippen molar-refractivity contribution in [3.63, 3.8) is 0 Å². The van der Waals surface area contributed by atoms with Crippen LogP contribution in [0.1, 0.15) is 18.1 Å². The molecule has 0 spiro atoms. The summed E-state index contributed by atoms with van der Waals surface area (Å²) in [5.74, 6) is 0.694. The van der Waals surface area contributed by atoms with Crippen LogP contribution in [0.4, 0.5) is 5.69 Å². The summed E-state index contributed by atoms with van der Waals surface area (Å²) in [5, 5.41) is 12.6. The number of carbonyl (C=O) groups is 1. The fourth-order valence-corrected chi connectivity index (χ4v) is 2.34. The number of hydrogen-bond donors (Lipinski definition) is 2. The molecule has 4 nitrogen and oxygen atoms in total. The minimum Gasteiger partial charge on any atom is -0.507 e. The highest BCUT2D eigenvalue weighted by Gasteiger charge is 2.24. The molecule has 3 rings (SSSR count). The zero-order valence-electron chi connectivity index (χ0n) is 11.6. The largest absolute Gasteiger partial charge is 0.507 e. The lowest BCUT2D eigenvalue weighted by molar-refractivity contribution is -0.110. The lowest BCUT2D eigenvalue weighted by Crippen LogP contribution is -2.03. The molecular weight excluding hydrogens is 266 g/mol. The van der Waals surface area contributed by atoms with Crippen LogP contribution in [0.5, 0.6) is 11.5 Å². The van der Waals surface area contributed by atoms with Crippen LogP contribution in [0.2, 0.25) is 0 Å². The van der Waals surface area contributed by atoms with E-state index >= 15 is 0 Å². The Kier molecular flexibility index (Phi) is 3.36. The van der Waals surface area contributed by atoms with Crippen LogP contribution in [0.15, 0.2) is 42.5 Å². The Labute approximate surface area is 122 Å². The van der Waals surface area contributed by atoms with E-state index < -0.39 is 0 Å². The number of para-hydroxylation sites is 1. The fraction of sp³-hybridized carbons (Fsp3) is 0.118. The molecule has 0 aromatic heterocycles. The molecule has 1 aliphatic rings. The number of phenolic OH excluding ortho intramolecular Hbond substituents is 1. The van der Waals surface area contributed by atoms with Crippen LogP contribution in [0.25, 0.3) is 11.6 Å². The van der Waals surface area contributed by atoms with Gasteiger partial charge in [-0.3, -0.25) is 4.79 Å². The summed E-state index contributed by atoms with van der Waals surface area (Å²) < 4.78 is 5.43. The van der Waals surface area contributed by atoms with E-state index in [4.69, 9.17) is 4.74 Å². The first-order chi connectivity index (χ1) is 10.2. The Morgan fingerprint density at radius 2 is 2.05 bits per heavy atom. The molecule has 2 aromatic rings. The van der Waals surface area contributed by atoms with E-state index in [2.05, 4.69) is 5.32 Å². The highest BCUT2D eigenvalue weighted by atomic mass is 16.5. The minimum atomic E-state index is -0.179. The summed E-state index contributed by atoms with van der Waals surface area (Å²) in [7, 11) is 0. The minimum absolute atomic E-state index is 0.150. The Hall–Kier alpha value is -2.75. The van der Waals surface area contributed by atoms with Crippen molar-refractivity contribution in [3.8, 4) is 11.5 Å². The van der Waals surface area contributed by atoms with Gasteiger partial charge in [-0.1, -0.05) is 18.2 Å². The summed E-state index contributed by atoms with van der Waals surface area (Å²) in [6.45, 7) is 2.49. The van der Waals surface area contributed by atoms with E-state index in [1.807, 2.05) is 31.2 Å². The number of ether oxygens (including phenoxy) is 1. The van der Waals surface area contributed by atoms with Crippen LogP contribution < -0.4 is 10.1 Å². The van der Waals surface area contributed by atoms with Gasteiger partial charge in [0.1, 0.15) is 11.5 Å². The monoisotopic (exact) mass is 281 g/mol. The standard InChI is InChI=1S/C17H15NO3/c1-2-21-12-7-8-13-14(17(20)18-15(13)10-12)9-11-5-3-4-6-16(11)19/h3-10,19H,2H2,1H3,(H,18,20).